The van der Waals surface area contributed by atoms with Gasteiger partial charge in [-0.2, -0.15) is 0 Å². The van der Waals surface area contributed by atoms with E-state index in [-0.39, 0.29) is 0 Å². The van der Waals surface area contributed by atoms with Crippen molar-refractivity contribution in [3.63, 3.8) is 0 Å². The molecule has 0 bridgehead atoms. The van der Waals surface area contributed by atoms with Crippen LogP contribution in [0, 0.1) is 17.8 Å². The van der Waals surface area contributed by atoms with Crippen LogP contribution in [0.2, 0.25) is 0 Å². The van der Waals surface area contributed by atoms with E-state index in [9.17, 15) is 9.59 Å². The normalized spacial score (nSPS) is 11.1. The zero-order chi connectivity index (χ0) is 12.0. The number of amides is 1. The van der Waals surface area contributed by atoms with Crippen LogP contribution in [0.15, 0.2) is 0 Å². The molecule has 0 saturated heterocycles. The van der Waals surface area contributed by atoms with Crippen LogP contribution < -0.4 is 5.32 Å². The Bertz CT molecular complexity index is 216. The van der Waals surface area contributed by atoms with Gasteiger partial charge in [0.15, 0.2) is 0 Å². The predicted molar refractivity (Wildman–Crippen MR) is 58.4 cm³/mol. The van der Waals surface area contributed by atoms with E-state index in [0.717, 1.165) is 0 Å². The Kier molecular flexibility index (Phi) is 5.97. The standard InChI is InChI=1S/C11H21NO3/c1-7(2)9(8(3)4)6-12-10(13)5-11(14)15/h7-9H,5-6H2,1-4H3,(H,12,13)(H,14,15). The van der Waals surface area contributed by atoms with Gasteiger partial charge in [0.05, 0.1) is 0 Å². The molecule has 0 aromatic heterocycles. The molecule has 4 nitrogen and oxygen atoms in total. The van der Waals surface area contributed by atoms with Crippen LogP contribution in [-0.2, 0) is 9.59 Å². The lowest BCUT2D eigenvalue weighted by Gasteiger charge is -2.24. The molecule has 88 valence electrons. The molecule has 0 aromatic rings. The summed E-state index contributed by atoms with van der Waals surface area (Å²) in [6.45, 7) is 8.98. The summed E-state index contributed by atoms with van der Waals surface area (Å²) in [4.78, 5) is 21.4. The number of hydrogen-bond donors (Lipinski definition) is 2. The molecule has 0 fully saturated rings. The molecule has 2 N–H and O–H groups in total. The van der Waals surface area contributed by atoms with Crippen molar-refractivity contribution >= 4 is 11.9 Å². The molecule has 0 atom stereocenters. The molecule has 1 amide bonds. The lowest BCUT2D eigenvalue weighted by molar-refractivity contribution is -0.140. The molecule has 0 aromatic carbocycles. The number of carboxylic acid groups (broad SMARTS) is 1. The van der Waals surface area contributed by atoms with Gasteiger partial charge in [-0.15, -0.1) is 0 Å². The first-order valence-electron chi connectivity index (χ1n) is 5.33. The number of carboxylic acids is 1. The highest BCUT2D eigenvalue weighted by Gasteiger charge is 2.18. The molecule has 15 heavy (non-hydrogen) atoms. The van der Waals surface area contributed by atoms with E-state index in [2.05, 4.69) is 33.0 Å². The van der Waals surface area contributed by atoms with Crippen LogP contribution in [0.4, 0.5) is 0 Å². The Morgan fingerprint density at radius 1 is 1.13 bits per heavy atom. The van der Waals surface area contributed by atoms with Crippen molar-refractivity contribution < 1.29 is 14.7 Å². The van der Waals surface area contributed by atoms with Crippen molar-refractivity contribution in [2.24, 2.45) is 17.8 Å². The SMILES string of the molecule is CC(C)C(CNC(=O)CC(=O)O)C(C)C. The van der Waals surface area contributed by atoms with E-state index < -0.39 is 18.3 Å². The van der Waals surface area contributed by atoms with Crippen molar-refractivity contribution in [2.45, 2.75) is 34.1 Å². The quantitative estimate of drug-likeness (QED) is 0.660. The zero-order valence-electron chi connectivity index (χ0n) is 9.91. The summed E-state index contributed by atoms with van der Waals surface area (Å²) in [7, 11) is 0. The average Bonchev–Trinajstić information content (AvgIpc) is 2.00. The van der Waals surface area contributed by atoms with Gasteiger partial charge in [-0.3, -0.25) is 9.59 Å². The topological polar surface area (TPSA) is 66.4 Å². The molecule has 0 spiro atoms. The molecular weight excluding hydrogens is 194 g/mol. The number of nitrogens with one attached hydrogen (secondary N) is 1. The average molecular weight is 215 g/mol. The molecule has 0 unspecified atom stereocenters. The van der Waals surface area contributed by atoms with Gasteiger partial charge >= 0.3 is 5.97 Å². The number of aliphatic carboxylic acids is 1. The van der Waals surface area contributed by atoms with Gasteiger partial charge in [0.1, 0.15) is 6.42 Å². The minimum Gasteiger partial charge on any atom is -0.481 e. The maximum Gasteiger partial charge on any atom is 0.312 e. The maximum absolute atomic E-state index is 11.1. The predicted octanol–water partition coefficient (Wildman–Crippen LogP) is 1.51. The van der Waals surface area contributed by atoms with Gasteiger partial charge in [0, 0.05) is 6.54 Å². The number of carbonyl (C=O) groups excluding carboxylic acids is 1. The second kappa shape index (κ2) is 6.43. The summed E-state index contributed by atoms with van der Waals surface area (Å²) in [5.74, 6) is -0.139. The molecule has 0 radical (unpaired) electrons. The van der Waals surface area contributed by atoms with Crippen molar-refractivity contribution in [2.75, 3.05) is 6.54 Å². The van der Waals surface area contributed by atoms with Gasteiger partial charge in [-0.1, -0.05) is 27.7 Å². The molecule has 0 aliphatic rings. The largest absolute Gasteiger partial charge is 0.481 e. The van der Waals surface area contributed by atoms with E-state index in [1.54, 1.807) is 0 Å². The van der Waals surface area contributed by atoms with E-state index >= 15 is 0 Å². The van der Waals surface area contributed by atoms with Crippen LogP contribution in [0.1, 0.15) is 34.1 Å². The van der Waals surface area contributed by atoms with E-state index in [1.165, 1.54) is 0 Å². The van der Waals surface area contributed by atoms with Crippen LogP contribution >= 0.6 is 0 Å². The lowest BCUT2D eigenvalue weighted by Crippen LogP contribution is -2.34. The van der Waals surface area contributed by atoms with Crippen LogP contribution in [0.5, 0.6) is 0 Å². The summed E-state index contributed by atoms with van der Waals surface area (Å²) >= 11 is 0. The molecular formula is C11H21NO3. The Balaban J connectivity index is 4.00. The van der Waals surface area contributed by atoms with Crippen molar-refractivity contribution in [1.82, 2.24) is 5.32 Å². The van der Waals surface area contributed by atoms with Crippen LogP contribution in [-0.4, -0.2) is 23.5 Å². The van der Waals surface area contributed by atoms with Crippen molar-refractivity contribution in [3.8, 4) is 0 Å². The highest BCUT2D eigenvalue weighted by Crippen LogP contribution is 2.19. The number of hydrogen-bond acceptors (Lipinski definition) is 2. The van der Waals surface area contributed by atoms with Crippen LogP contribution in [0.3, 0.4) is 0 Å². The van der Waals surface area contributed by atoms with E-state index in [1.807, 2.05) is 0 Å². The van der Waals surface area contributed by atoms with E-state index in [4.69, 9.17) is 5.11 Å². The second-order valence-corrected chi connectivity index (χ2v) is 4.53. The Morgan fingerprint density at radius 2 is 1.60 bits per heavy atom. The molecule has 4 heteroatoms. The smallest absolute Gasteiger partial charge is 0.312 e. The first-order chi connectivity index (χ1) is 6.84. The van der Waals surface area contributed by atoms with Gasteiger partial charge in [-0.25, -0.2) is 0 Å². The summed E-state index contributed by atoms with van der Waals surface area (Å²) in [5.41, 5.74) is 0. The van der Waals surface area contributed by atoms with Gasteiger partial charge in [0.25, 0.3) is 0 Å². The Hall–Kier alpha value is -1.06. The Labute approximate surface area is 91.1 Å². The first kappa shape index (κ1) is 13.9. The lowest BCUT2D eigenvalue weighted by atomic mass is 9.85. The number of rotatable bonds is 6. The van der Waals surface area contributed by atoms with Gasteiger partial charge in [0.2, 0.25) is 5.91 Å². The fraction of sp³-hybridized carbons (Fsp3) is 0.818. The highest BCUT2D eigenvalue weighted by molar-refractivity contribution is 5.93. The summed E-state index contributed by atoms with van der Waals surface area (Å²) in [6, 6.07) is 0. The first-order valence-corrected chi connectivity index (χ1v) is 5.33. The zero-order valence-corrected chi connectivity index (χ0v) is 9.91. The fourth-order valence-corrected chi connectivity index (χ4v) is 1.67. The van der Waals surface area contributed by atoms with Crippen molar-refractivity contribution in [3.05, 3.63) is 0 Å². The second-order valence-electron chi connectivity index (χ2n) is 4.53. The Morgan fingerprint density at radius 3 is 1.93 bits per heavy atom. The van der Waals surface area contributed by atoms with Gasteiger partial charge < -0.3 is 10.4 Å². The van der Waals surface area contributed by atoms with Gasteiger partial charge in [-0.05, 0) is 17.8 Å². The highest BCUT2D eigenvalue weighted by atomic mass is 16.4. The molecule has 0 aliphatic carbocycles. The number of carbonyl (C=O) groups is 2. The summed E-state index contributed by atoms with van der Waals surface area (Å²) < 4.78 is 0. The maximum atomic E-state index is 11.1. The fourth-order valence-electron chi connectivity index (χ4n) is 1.67. The third-order valence-electron chi connectivity index (χ3n) is 2.56. The molecule has 0 rings (SSSR count). The third kappa shape index (κ3) is 6.10. The summed E-state index contributed by atoms with van der Waals surface area (Å²) in [6.07, 6.45) is -0.442. The molecule has 0 aliphatic heterocycles. The summed E-state index contributed by atoms with van der Waals surface area (Å²) in [5, 5.41) is 11.1. The third-order valence-corrected chi connectivity index (χ3v) is 2.56. The van der Waals surface area contributed by atoms with Crippen LogP contribution in [0.25, 0.3) is 0 Å². The monoisotopic (exact) mass is 215 g/mol. The van der Waals surface area contributed by atoms with E-state index in [0.29, 0.717) is 24.3 Å². The minimum atomic E-state index is -1.09. The molecule has 0 heterocycles. The van der Waals surface area contributed by atoms with Crippen molar-refractivity contribution in [1.29, 1.82) is 0 Å². The minimum absolute atomic E-state index is 0.391. The molecule has 0 saturated carbocycles.